The first kappa shape index (κ1) is 18.3. The highest BCUT2D eigenvalue weighted by atomic mass is 79.9. The smallest absolute Gasteiger partial charge is 0.346 e. The minimum atomic E-state index is -0.668. The zero-order valence-corrected chi connectivity index (χ0v) is 16.8. The van der Waals surface area contributed by atoms with Crippen LogP contribution in [-0.4, -0.2) is 9.91 Å². The van der Waals surface area contributed by atoms with E-state index in [9.17, 15) is 14.9 Å². The summed E-state index contributed by atoms with van der Waals surface area (Å²) in [5.74, 6) is 0. The Labute approximate surface area is 170 Å². The van der Waals surface area contributed by atoms with Gasteiger partial charge in [-0.3, -0.25) is 10.1 Å². The maximum Gasteiger partial charge on any atom is 0.346 e. The number of rotatable bonds is 4. The SMILES string of the molecule is Cc1cc(Br)ccc1Nc1nc(-c2cc3cccc([N+](=O)[O-])c3oc2=O)cs1. The molecule has 0 fully saturated rings. The van der Waals surface area contributed by atoms with E-state index in [1.165, 1.54) is 17.4 Å². The van der Waals surface area contributed by atoms with E-state index >= 15 is 0 Å². The lowest BCUT2D eigenvalue weighted by molar-refractivity contribution is -0.383. The molecule has 0 saturated carbocycles. The van der Waals surface area contributed by atoms with Crippen molar-refractivity contribution in [2.75, 3.05) is 5.32 Å². The quantitative estimate of drug-likeness (QED) is 0.242. The molecule has 0 aliphatic heterocycles. The lowest BCUT2D eigenvalue weighted by Crippen LogP contribution is -2.04. The second-order valence-electron chi connectivity index (χ2n) is 6.02. The van der Waals surface area contributed by atoms with Crippen molar-refractivity contribution in [1.29, 1.82) is 0 Å². The third-order valence-electron chi connectivity index (χ3n) is 4.15. The van der Waals surface area contributed by atoms with E-state index in [4.69, 9.17) is 4.42 Å². The lowest BCUT2D eigenvalue weighted by atomic mass is 10.1. The van der Waals surface area contributed by atoms with Gasteiger partial charge >= 0.3 is 11.3 Å². The van der Waals surface area contributed by atoms with Gasteiger partial charge in [-0.05, 0) is 36.8 Å². The van der Waals surface area contributed by atoms with Crippen LogP contribution in [0.2, 0.25) is 0 Å². The fraction of sp³-hybridized carbons (Fsp3) is 0.0526. The van der Waals surface area contributed by atoms with Crippen LogP contribution in [0.15, 0.2) is 61.5 Å². The van der Waals surface area contributed by atoms with Crippen molar-refractivity contribution in [3.63, 3.8) is 0 Å². The van der Waals surface area contributed by atoms with Crippen LogP contribution in [0.5, 0.6) is 0 Å². The number of nitrogens with one attached hydrogen (secondary N) is 1. The molecule has 4 rings (SSSR count). The molecule has 0 atom stereocenters. The minimum Gasteiger partial charge on any atom is -0.415 e. The normalized spacial score (nSPS) is 10.9. The third kappa shape index (κ3) is 3.41. The largest absolute Gasteiger partial charge is 0.415 e. The molecular weight excluding hydrogens is 446 g/mol. The molecular formula is C19H12BrN3O4S. The second kappa shape index (κ2) is 7.17. The number of halogens is 1. The molecule has 9 heteroatoms. The predicted molar refractivity (Wildman–Crippen MR) is 112 cm³/mol. The number of para-hydroxylation sites is 1. The van der Waals surface area contributed by atoms with Gasteiger partial charge in [0.25, 0.3) is 0 Å². The van der Waals surface area contributed by atoms with Gasteiger partial charge in [-0.1, -0.05) is 28.1 Å². The number of hydrogen-bond donors (Lipinski definition) is 1. The van der Waals surface area contributed by atoms with Crippen molar-refractivity contribution in [3.05, 3.63) is 78.4 Å². The number of nitro groups is 1. The van der Waals surface area contributed by atoms with Crippen LogP contribution in [0.25, 0.3) is 22.2 Å². The lowest BCUT2D eigenvalue weighted by Gasteiger charge is -2.06. The van der Waals surface area contributed by atoms with Gasteiger partial charge in [0.05, 0.1) is 16.2 Å². The Morgan fingerprint density at radius 1 is 1.25 bits per heavy atom. The van der Waals surface area contributed by atoms with Crippen molar-refractivity contribution >= 4 is 54.7 Å². The van der Waals surface area contributed by atoms with E-state index in [1.54, 1.807) is 23.6 Å². The predicted octanol–water partition coefficient (Wildman–Crippen LogP) is 5.64. The van der Waals surface area contributed by atoms with Gasteiger partial charge in [-0.2, -0.15) is 0 Å². The Kier molecular flexibility index (Phi) is 4.70. The Balaban J connectivity index is 1.72. The highest BCUT2D eigenvalue weighted by Crippen LogP contribution is 2.31. The number of thiazole rings is 1. The summed E-state index contributed by atoms with van der Waals surface area (Å²) >= 11 is 4.78. The van der Waals surface area contributed by atoms with Crippen LogP contribution in [0, 0.1) is 17.0 Å². The molecule has 140 valence electrons. The summed E-state index contributed by atoms with van der Waals surface area (Å²) in [6.07, 6.45) is 0. The zero-order chi connectivity index (χ0) is 19.8. The molecule has 2 heterocycles. The first-order valence-corrected chi connectivity index (χ1v) is 9.80. The number of nitrogens with zero attached hydrogens (tertiary/aromatic N) is 2. The summed E-state index contributed by atoms with van der Waals surface area (Å²) in [6.45, 7) is 1.98. The molecule has 1 N–H and O–H groups in total. The average Bonchev–Trinajstić information content (AvgIpc) is 3.11. The van der Waals surface area contributed by atoms with Crippen molar-refractivity contribution in [1.82, 2.24) is 4.98 Å². The summed E-state index contributed by atoms with van der Waals surface area (Å²) in [6, 6.07) is 11.9. The summed E-state index contributed by atoms with van der Waals surface area (Å²) in [5.41, 5.74) is 1.70. The van der Waals surface area contributed by atoms with Gasteiger partial charge in [-0.15, -0.1) is 11.3 Å². The molecule has 0 bridgehead atoms. The van der Waals surface area contributed by atoms with Crippen LogP contribution < -0.4 is 10.9 Å². The molecule has 0 amide bonds. The first-order chi connectivity index (χ1) is 13.4. The van der Waals surface area contributed by atoms with Gasteiger partial charge in [-0.25, -0.2) is 9.78 Å². The maximum absolute atomic E-state index is 12.4. The van der Waals surface area contributed by atoms with Gasteiger partial charge in [0.2, 0.25) is 5.58 Å². The van der Waals surface area contributed by atoms with E-state index in [2.05, 4.69) is 26.2 Å². The van der Waals surface area contributed by atoms with E-state index in [0.717, 1.165) is 15.7 Å². The van der Waals surface area contributed by atoms with Crippen LogP contribution in [0.1, 0.15) is 5.56 Å². The summed E-state index contributed by atoms with van der Waals surface area (Å²) < 4.78 is 6.23. The number of anilines is 2. The van der Waals surface area contributed by atoms with E-state index in [1.807, 2.05) is 25.1 Å². The van der Waals surface area contributed by atoms with Gasteiger partial charge in [0.15, 0.2) is 5.13 Å². The van der Waals surface area contributed by atoms with Crippen molar-refractivity contribution in [2.24, 2.45) is 0 Å². The summed E-state index contributed by atoms with van der Waals surface area (Å²) in [7, 11) is 0. The minimum absolute atomic E-state index is 0.0414. The molecule has 2 aromatic carbocycles. The number of benzene rings is 2. The fourth-order valence-corrected chi connectivity index (χ4v) is 3.99. The topological polar surface area (TPSA) is 98.3 Å². The number of aromatic nitrogens is 1. The van der Waals surface area contributed by atoms with E-state index in [-0.39, 0.29) is 16.8 Å². The maximum atomic E-state index is 12.4. The molecule has 4 aromatic rings. The highest BCUT2D eigenvalue weighted by Gasteiger charge is 2.18. The summed E-state index contributed by atoms with van der Waals surface area (Å²) in [4.78, 5) is 27.4. The molecule has 28 heavy (non-hydrogen) atoms. The van der Waals surface area contributed by atoms with Crippen molar-refractivity contribution < 1.29 is 9.34 Å². The number of hydrogen-bond acceptors (Lipinski definition) is 7. The molecule has 0 saturated heterocycles. The first-order valence-electron chi connectivity index (χ1n) is 8.13. The zero-order valence-electron chi connectivity index (χ0n) is 14.4. The average molecular weight is 458 g/mol. The monoisotopic (exact) mass is 457 g/mol. The van der Waals surface area contributed by atoms with Crippen LogP contribution >= 0.6 is 27.3 Å². The number of nitro benzene ring substituents is 1. The highest BCUT2D eigenvalue weighted by molar-refractivity contribution is 9.10. The molecule has 0 aliphatic carbocycles. The standard InChI is InChI=1S/C19H12BrN3O4S/c1-10-7-12(20)5-6-14(10)21-19-22-15(9-28-19)13-8-11-3-2-4-16(23(25)26)17(11)27-18(13)24/h2-9H,1H3,(H,21,22). The van der Waals surface area contributed by atoms with Gasteiger partial charge in [0.1, 0.15) is 0 Å². The van der Waals surface area contributed by atoms with Gasteiger partial charge < -0.3 is 9.73 Å². The number of fused-ring (bicyclic) bond motifs is 1. The van der Waals surface area contributed by atoms with E-state index in [0.29, 0.717) is 16.2 Å². The van der Waals surface area contributed by atoms with Crippen LogP contribution in [0.4, 0.5) is 16.5 Å². The van der Waals surface area contributed by atoms with Gasteiger partial charge in [0, 0.05) is 27.0 Å². The molecule has 0 aliphatic rings. The molecule has 0 spiro atoms. The Bertz CT molecular complexity index is 1280. The van der Waals surface area contributed by atoms with E-state index < -0.39 is 10.5 Å². The van der Waals surface area contributed by atoms with Crippen LogP contribution in [0.3, 0.4) is 0 Å². The molecule has 7 nitrogen and oxygen atoms in total. The van der Waals surface area contributed by atoms with Crippen molar-refractivity contribution in [2.45, 2.75) is 6.92 Å². The Morgan fingerprint density at radius 2 is 2.07 bits per heavy atom. The Hall–Kier alpha value is -3.04. The van der Waals surface area contributed by atoms with Crippen molar-refractivity contribution in [3.8, 4) is 11.3 Å². The van der Waals surface area contributed by atoms with Crippen LogP contribution in [-0.2, 0) is 0 Å². The number of non-ortho nitro benzene ring substituents is 1. The second-order valence-corrected chi connectivity index (χ2v) is 7.80. The molecule has 0 unspecified atom stereocenters. The molecule has 2 aromatic heterocycles. The Morgan fingerprint density at radius 3 is 2.82 bits per heavy atom. The summed E-state index contributed by atoms with van der Waals surface area (Å²) in [5, 5.41) is 17.2. The third-order valence-corrected chi connectivity index (χ3v) is 5.40. The number of aryl methyl sites for hydroxylation is 1. The molecule has 0 radical (unpaired) electrons. The fourth-order valence-electron chi connectivity index (χ4n) is 2.79.